The van der Waals surface area contributed by atoms with E-state index in [1.54, 1.807) is 31.2 Å². The Balaban J connectivity index is 2.86. The fourth-order valence-electron chi connectivity index (χ4n) is 0.947. The average molecular weight is 166 g/mol. The number of aliphatic hydroxyl groups is 1. The Hall–Kier alpha value is -0.835. The van der Waals surface area contributed by atoms with Gasteiger partial charge >= 0.3 is 7.12 Å². The third kappa shape index (κ3) is 2.07. The highest BCUT2D eigenvalue weighted by atomic mass is 16.4. The van der Waals surface area contributed by atoms with E-state index in [4.69, 9.17) is 15.2 Å². The van der Waals surface area contributed by atoms with Crippen molar-refractivity contribution in [3.05, 3.63) is 29.8 Å². The third-order valence-corrected chi connectivity index (χ3v) is 1.72. The van der Waals surface area contributed by atoms with Crippen LogP contribution in [0.2, 0.25) is 0 Å². The Morgan fingerprint density at radius 1 is 1.17 bits per heavy atom. The molecule has 0 saturated carbocycles. The molecule has 0 aliphatic rings. The van der Waals surface area contributed by atoms with Crippen LogP contribution in [0.25, 0.3) is 0 Å². The Labute approximate surface area is 71.4 Å². The molecule has 0 saturated heterocycles. The molecule has 1 rings (SSSR count). The molecule has 0 fully saturated rings. The van der Waals surface area contributed by atoms with Gasteiger partial charge in [0.05, 0.1) is 6.10 Å². The minimum absolute atomic E-state index is 0.430. The van der Waals surface area contributed by atoms with Gasteiger partial charge in [0.25, 0.3) is 0 Å². The monoisotopic (exact) mass is 166 g/mol. The third-order valence-electron chi connectivity index (χ3n) is 1.72. The fourth-order valence-corrected chi connectivity index (χ4v) is 0.947. The first-order chi connectivity index (χ1) is 5.61. The molecule has 1 aromatic rings. The standard InChI is InChI=1S/C8H11BO3/c1-6(10)7-2-4-8(5-3-7)9(11)12/h2-6,10-12H,1H3. The smallest absolute Gasteiger partial charge is 0.423 e. The first-order valence-electron chi connectivity index (χ1n) is 3.75. The van der Waals surface area contributed by atoms with Gasteiger partial charge < -0.3 is 15.2 Å². The maximum atomic E-state index is 9.13. The molecule has 3 nitrogen and oxygen atoms in total. The van der Waals surface area contributed by atoms with Crippen molar-refractivity contribution < 1.29 is 15.2 Å². The molecule has 3 N–H and O–H groups in total. The van der Waals surface area contributed by atoms with Gasteiger partial charge in [-0.3, -0.25) is 0 Å². The van der Waals surface area contributed by atoms with Gasteiger partial charge in [-0.25, -0.2) is 0 Å². The van der Waals surface area contributed by atoms with E-state index in [1.165, 1.54) is 0 Å². The highest BCUT2D eigenvalue weighted by Gasteiger charge is 2.10. The zero-order valence-corrected chi connectivity index (χ0v) is 6.81. The first-order valence-corrected chi connectivity index (χ1v) is 3.75. The number of hydrogen-bond acceptors (Lipinski definition) is 3. The predicted octanol–water partition coefficient (Wildman–Crippen LogP) is -0.580. The summed E-state index contributed by atoms with van der Waals surface area (Å²) in [6.45, 7) is 1.66. The summed E-state index contributed by atoms with van der Waals surface area (Å²) in [6, 6.07) is 6.48. The second-order valence-corrected chi connectivity index (χ2v) is 2.72. The van der Waals surface area contributed by atoms with Crippen molar-refractivity contribution in [2.75, 3.05) is 0 Å². The fraction of sp³-hybridized carbons (Fsp3) is 0.250. The maximum Gasteiger partial charge on any atom is 0.488 e. The van der Waals surface area contributed by atoms with Crippen molar-refractivity contribution in [2.24, 2.45) is 0 Å². The summed E-state index contributed by atoms with van der Waals surface area (Å²) >= 11 is 0. The summed E-state index contributed by atoms with van der Waals surface area (Å²) in [6.07, 6.45) is -0.519. The van der Waals surface area contributed by atoms with E-state index in [0.29, 0.717) is 5.46 Å². The van der Waals surface area contributed by atoms with Crippen LogP contribution in [-0.2, 0) is 0 Å². The van der Waals surface area contributed by atoms with Crippen molar-refractivity contribution in [2.45, 2.75) is 13.0 Å². The van der Waals surface area contributed by atoms with E-state index >= 15 is 0 Å². The zero-order valence-electron chi connectivity index (χ0n) is 6.81. The highest BCUT2D eigenvalue weighted by Crippen LogP contribution is 2.08. The molecule has 0 heterocycles. The quantitative estimate of drug-likeness (QED) is 0.515. The van der Waals surface area contributed by atoms with Crippen LogP contribution in [0.5, 0.6) is 0 Å². The molecule has 0 bridgehead atoms. The lowest BCUT2D eigenvalue weighted by atomic mass is 9.80. The molecule has 1 unspecified atom stereocenters. The van der Waals surface area contributed by atoms with Crippen molar-refractivity contribution in [1.82, 2.24) is 0 Å². The molecule has 0 spiro atoms. The van der Waals surface area contributed by atoms with E-state index in [1.807, 2.05) is 0 Å². The van der Waals surface area contributed by atoms with Crippen LogP contribution < -0.4 is 5.46 Å². The van der Waals surface area contributed by atoms with Crippen LogP contribution in [0, 0.1) is 0 Å². The number of rotatable bonds is 2. The summed E-state index contributed by atoms with van der Waals surface area (Å²) in [5.41, 5.74) is 1.19. The maximum absolute atomic E-state index is 9.13. The van der Waals surface area contributed by atoms with Crippen molar-refractivity contribution in [3.63, 3.8) is 0 Å². The molecular formula is C8H11BO3. The molecule has 0 radical (unpaired) electrons. The van der Waals surface area contributed by atoms with Gasteiger partial charge in [0, 0.05) is 0 Å². The zero-order chi connectivity index (χ0) is 9.14. The minimum Gasteiger partial charge on any atom is -0.423 e. The predicted molar refractivity (Wildman–Crippen MR) is 46.9 cm³/mol. The molecule has 1 aromatic carbocycles. The van der Waals surface area contributed by atoms with Gasteiger partial charge in [-0.2, -0.15) is 0 Å². The summed E-state index contributed by atoms with van der Waals surface area (Å²) < 4.78 is 0. The highest BCUT2D eigenvalue weighted by molar-refractivity contribution is 6.58. The largest absolute Gasteiger partial charge is 0.488 e. The normalized spacial score (nSPS) is 12.7. The summed E-state index contributed by atoms with van der Waals surface area (Å²) in [4.78, 5) is 0. The van der Waals surface area contributed by atoms with Gasteiger partial charge in [-0.05, 0) is 17.9 Å². The lowest BCUT2D eigenvalue weighted by molar-refractivity contribution is 0.199. The van der Waals surface area contributed by atoms with E-state index in [2.05, 4.69) is 0 Å². The van der Waals surface area contributed by atoms with E-state index in [0.717, 1.165) is 5.56 Å². The number of aliphatic hydroxyl groups excluding tert-OH is 1. The van der Waals surface area contributed by atoms with Crippen molar-refractivity contribution >= 4 is 12.6 Å². The lowest BCUT2D eigenvalue weighted by Crippen LogP contribution is -2.29. The lowest BCUT2D eigenvalue weighted by Gasteiger charge is -2.05. The summed E-state index contributed by atoms with van der Waals surface area (Å²) in [5, 5.41) is 26.6. The van der Waals surface area contributed by atoms with E-state index < -0.39 is 13.2 Å². The minimum atomic E-state index is -1.44. The molecule has 0 aliphatic heterocycles. The van der Waals surface area contributed by atoms with Crippen LogP contribution in [0.15, 0.2) is 24.3 Å². The van der Waals surface area contributed by atoms with Crippen LogP contribution in [0.1, 0.15) is 18.6 Å². The van der Waals surface area contributed by atoms with E-state index in [-0.39, 0.29) is 0 Å². The number of hydrogen-bond donors (Lipinski definition) is 3. The van der Waals surface area contributed by atoms with Gasteiger partial charge in [-0.15, -0.1) is 0 Å². The molecule has 0 amide bonds. The van der Waals surface area contributed by atoms with E-state index in [9.17, 15) is 0 Å². The molecule has 4 heteroatoms. The first kappa shape index (κ1) is 9.25. The molecule has 0 aliphatic carbocycles. The van der Waals surface area contributed by atoms with Crippen LogP contribution in [0.4, 0.5) is 0 Å². The van der Waals surface area contributed by atoms with Gasteiger partial charge in [-0.1, -0.05) is 24.3 Å². The Morgan fingerprint density at radius 3 is 2.00 bits per heavy atom. The Bertz CT molecular complexity index is 216. The SMILES string of the molecule is CC(O)c1ccc(B(O)O)cc1. The van der Waals surface area contributed by atoms with Crippen molar-refractivity contribution in [1.29, 1.82) is 0 Å². The summed E-state index contributed by atoms with van der Waals surface area (Å²) in [5.74, 6) is 0. The summed E-state index contributed by atoms with van der Waals surface area (Å²) in [7, 11) is -1.44. The molecule has 64 valence electrons. The molecule has 1 atom stereocenters. The second kappa shape index (κ2) is 3.71. The second-order valence-electron chi connectivity index (χ2n) is 2.72. The van der Waals surface area contributed by atoms with Gasteiger partial charge in [0.2, 0.25) is 0 Å². The average Bonchev–Trinajstić information content (AvgIpc) is 2.04. The van der Waals surface area contributed by atoms with Crippen molar-refractivity contribution in [3.8, 4) is 0 Å². The number of benzene rings is 1. The molecular weight excluding hydrogens is 155 g/mol. The topological polar surface area (TPSA) is 60.7 Å². The van der Waals surface area contributed by atoms with Gasteiger partial charge in [0.1, 0.15) is 0 Å². The molecule has 0 aromatic heterocycles. The van der Waals surface area contributed by atoms with Crippen LogP contribution in [-0.4, -0.2) is 22.3 Å². The van der Waals surface area contributed by atoms with Crippen LogP contribution in [0.3, 0.4) is 0 Å². The Morgan fingerprint density at radius 2 is 1.67 bits per heavy atom. The molecule has 12 heavy (non-hydrogen) atoms. The van der Waals surface area contributed by atoms with Crippen LogP contribution >= 0.6 is 0 Å². The van der Waals surface area contributed by atoms with Gasteiger partial charge in [0.15, 0.2) is 0 Å². The Kier molecular flexibility index (Phi) is 2.86.